The molecule has 104 valence electrons. The summed E-state index contributed by atoms with van der Waals surface area (Å²) in [4.78, 5) is 20.2. The van der Waals surface area contributed by atoms with Crippen molar-refractivity contribution >= 4 is 18.9 Å². The van der Waals surface area contributed by atoms with Crippen LogP contribution in [0.4, 0.5) is 4.39 Å². The molecule has 20 heavy (non-hydrogen) atoms. The van der Waals surface area contributed by atoms with E-state index in [0.29, 0.717) is 34.1 Å². The Morgan fingerprint density at radius 2 is 1.90 bits per heavy atom. The summed E-state index contributed by atoms with van der Waals surface area (Å²) in [7, 11) is 0. The van der Waals surface area contributed by atoms with Crippen molar-refractivity contribution in [3.05, 3.63) is 47.2 Å². The van der Waals surface area contributed by atoms with E-state index in [0.717, 1.165) is 6.29 Å². The Labute approximate surface area is 122 Å². The third kappa shape index (κ3) is 2.88. The van der Waals surface area contributed by atoms with Gasteiger partial charge in [0.1, 0.15) is 11.6 Å². The highest BCUT2D eigenvalue weighted by Crippen LogP contribution is 2.27. The zero-order chi connectivity index (χ0) is 14.7. The van der Waals surface area contributed by atoms with Gasteiger partial charge >= 0.3 is 0 Å². The Hall–Kier alpha value is -1.75. The molecule has 5 heteroatoms. The minimum Gasteiger partial charge on any atom is -0.298 e. The van der Waals surface area contributed by atoms with Crippen LogP contribution in [0.5, 0.6) is 0 Å². The van der Waals surface area contributed by atoms with Crippen LogP contribution in [0.15, 0.2) is 24.3 Å². The van der Waals surface area contributed by atoms with Crippen molar-refractivity contribution in [2.45, 2.75) is 25.5 Å². The summed E-state index contributed by atoms with van der Waals surface area (Å²) >= 11 is 4.19. The van der Waals surface area contributed by atoms with Gasteiger partial charge in [-0.15, -0.1) is 0 Å². The molecule has 1 heterocycles. The molecular weight excluding hydrogens is 275 g/mol. The predicted octanol–water partition coefficient (Wildman–Crippen LogP) is 3.65. The zero-order valence-corrected chi connectivity index (χ0v) is 12.2. The smallest absolute Gasteiger partial charge is 0.154 e. The zero-order valence-electron chi connectivity index (χ0n) is 11.3. The molecule has 0 fully saturated rings. The second kappa shape index (κ2) is 6.13. The maximum atomic E-state index is 13.0. The predicted molar refractivity (Wildman–Crippen MR) is 79.6 cm³/mol. The second-order valence-electron chi connectivity index (χ2n) is 4.72. The van der Waals surface area contributed by atoms with Crippen molar-refractivity contribution in [2.75, 3.05) is 0 Å². The lowest BCUT2D eigenvalue weighted by Gasteiger charge is -2.13. The van der Waals surface area contributed by atoms with Gasteiger partial charge in [-0.3, -0.25) is 4.79 Å². The molecule has 0 unspecified atom stereocenters. The number of thiol groups is 1. The molecule has 0 bridgehead atoms. The SMILES string of the molecule is CC(C)c1nc(CS)nc(-c2ccc(F)cc2)c1C=O. The lowest BCUT2D eigenvalue weighted by Crippen LogP contribution is -2.08. The minimum atomic E-state index is -0.325. The molecule has 0 saturated carbocycles. The number of hydrogen-bond donors (Lipinski definition) is 1. The van der Waals surface area contributed by atoms with Gasteiger partial charge in [0.15, 0.2) is 6.29 Å². The van der Waals surface area contributed by atoms with Crippen molar-refractivity contribution in [3.8, 4) is 11.3 Å². The summed E-state index contributed by atoms with van der Waals surface area (Å²) < 4.78 is 13.0. The first-order chi connectivity index (χ1) is 9.56. The Bertz CT molecular complexity index is 627. The van der Waals surface area contributed by atoms with E-state index >= 15 is 0 Å². The first-order valence-corrected chi connectivity index (χ1v) is 6.92. The van der Waals surface area contributed by atoms with E-state index in [9.17, 15) is 9.18 Å². The van der Waals surface area contributed by atoms with Crippen LogP contribution in [0.25, 0.3) is 11.3 Å². The number of nitrogens with zero attached hydrogens (tertiary/aromatic N) is 2. The topological polar surface area (TPSA) is 42.9 Å². The quantitative estimate of drug-likeness (QED) is 0.690. The maximum Gasteiger partial charge on any atom is 0.154 e. The van der Waals surface area contributed by atoms with Crippen LogP contribution in [0.2, 0.25) is 0 Å². The number of benzene rings is 1. The van der Waals surface area contributed by atoms with E-state index in [-0.39, 0.29) is 11.7 Å². The molecule has 2 rings (SSSR count). The Morgan fingerprint density at radius 3 is 2.40 bits per heavy atom. The molecule has 0 N–H and O–H groups in total. The number of hydrogen-bond acceptors (Lipinski definition) is 4. The number of halogens is 1. The average Bonchev–Trinajstić information content (AvgIpc) is 2.46. The van der Waals surface area contributed by atoms with Gasteiger partial charge in [0.25, 0.3) is 0 Å². The van der Waals surface area contributed by atoms with E-state index in [1.807, 2.05) is 13.8 Å². The van der Waals surface area contributed by atoms with Crippen LogP contribution in [-0.2, 0) is 5.75 Å². The molecule has 3 nitrogen and oxygen atoms in total. The Balaban J connectivity index is 2.69. The van der Waals surface area contributed by atoms with Crippen LogP contribution in [-0.4, -0.2) is 16.3 Å². The standard InChI is InChI=1S/C15H15FN2OS/c1-9(2)14-12(7-19)15(18-13(8-20)17-14)10-3-5-11(16)6-4-10/h3-7,9,20H,8H2,1-2H3. The Morgan fingerprint density at radius 1 is 1.25 bits per heavy atom. The van der Waals surface area contributed by atoms with E-state index < -0.39 is 0 Å². The first kappa shape index (κ1) is 14.7. The highest BCUT2D eigenvalue weighted by atomic mass is 32.1. The number of carbonyl (C=O) groups is 1. The summed E-state index contributed by atoms with van der Waals surface area (Å²) in [6, 6.07) is 5.91. The van der Waals surface area contributed by atoms with Gasteiger partial charge in [-0.25, -0.2) is 14.4 Å². The van der Waals surface area contributed by atoms with Gasteiger partial charge in [-0.2, -0.15) is 12.6 Å². The molecule has 0 aliphatic heterocycles. The van der Waals surface area contributed by atoms with Crippen LogP contribution >= 0.6 is 12.6 Å². The number of aldehydes is 1. The molecule has 0 saturated heterocycles. The monoisotopic (exact) mass is 290 g/mol. The molecule has 0 aliphatic carbocycles. The lowest BCUT2D eigenvalue weighted by molar-refractivity contribution is 0.112. The third-order valence-electron chi connectivity index (χ3n) is 2.95. The van der Waals surface area contributed by atoms with Gasteiger partial charge in [0, 0.05) is 5.56 Å². The average molecular weight is 290 g/mol. The van der Waals surface area contributed by atoms with E-state index in [2.05, 4.69) is 22.6 Å². The summed E-state index contributed by atoms with van der Waals surface area (Å²) in [5.74, 6) is 0.708. The molecule has 0 aliphatic rings. The van der Waals surface area contributed by atoms with Crippen LogP contribution < -0.4 is 0 Å². The number of aromatic nitrogens is 2. The second-order valence-corrected chi connectivity index (χ2v) is 5.04. The number of rotatable bonds is 4. The molecule has 2 aromatic rings. The van der Waals surface area contributed by atoms with Gasteiger partial charge in [0.05, 0.1) is 22.7 Å². The van der Waals surface area contributed by atoms with E-state index in [1.54, 1.807) is 12.1 Å². The fourth-order valence-electron chi connectivity index (χ4n) is 1.99. The van der Waals surface area contributed by atoms with E-state index in [1.165, 1.54) is 12.1 Å². The van der Waals surface area contributed by atoms with Gasteiger partial charge in [0.2, 0.25) is 0 Å². The third-order valence-corrected chi connectivity index (χ3v) is 3.23. The minimum absolute atomic E-state index is 0.0935. The van der Waals surface area contributed by atoms with Gasteiger partial charge in [-0.1, -0.05) is 13.8 Å². The van der Waals surface area contributed by atoms with Gasteiger partial charge in [-0.05, 0) is 30.2 Å². The molecule has 1 aromatic carbocycles. The normalized spacial score (nSPS) is 10.8. The summed E-state index contributed by atoms with van der Waals surface area (Å²) in [5, 5.41) is 0. The summed E-state index contributed by atoms with van der Waals surface area (Å²) in [5.41, 5.74) is 2.37. The lowest BCUT2D eigenvalue weighted by atomic mass is 9.99. The molecule has 0 atom stereocenters. The van der Waals surface area contributed by atoms with Crippen LogP contribution in [0.1, 0.15) is 41.6 Å². The molecule has 0 radical (unpaired) electrons. The Kier molecular flexibility index (Phi) is 4.49. The highest BCUT2D eigenvalue weighted by molar-refractivity contribution is 7.79. The van der Waals surface area contributed by atoms with Crippen molar-refractivity contribution in [1.29, 1.82) is 0 Å². The first-order valence-electron chi connectivity index (χ1n) is 6.29. The van der Waals surface area contributed by atoms with Crippen molar-refractivity contribution in [2.24, 2.45) is 0 Å². The van der Waals surface area contributed by atoms with Crippen molar-refractivity contribution in [3.63, 3.8) is 0 Å². The fourth-order valence-corrected chi connectivity index (χ4v) is 2.13. The summed E-state index contributed by atoms with van der Waals surface area (Å²) in [6.45, 7) is 3.93. The fraction of sp³-hybridized carbons (Fsp3) is 0.267. The maximum absolute atomic E-state index is 13.0. The van der Waals surface area contributed by atoms with Crippen LogP contribution in [0.3, 0.4) is 0 Å². The van der Waals surface area contributed by atoms with Crippen molar-refractivity contribution < 1.29 is 9.18 Å². The van der Waals surface area contributed by atoms with Crippen molar-refractivity contribution in [1.82, 2.24) is 9.97 Å². The molecule has 0 spiro atoms. The van der Waals surface area contributed by atoms with Gasteiger partial charge < -0.3 is 0 Å². The molecular formula is C15H15FN2OS. The molecule has 1 aromatic heterocycles. The number of carbonyl (C=O) groups excluding carboxylic acids is 1. The summed E-state index contributed by atoms with van der Waals surface area (Å²) in [6.07, 6.45) is 0.760. The largest absolute Gasteiger partial charge is 0.298 e. The van der Waals surface area contributed by atoms with Crippen LogP contribution in [0, 0.1) is 5.82 Å². The highest BCUT2D eigenvalue weighted by Gasteiger charge is 2.17. The molecule has 0 amide bonds. The van der Waals surface area contributed by atoms with E-state index in [4.69, 9.17) is 0 Å².